The Hall–Kier alpha value is -2.53. The Bertz CT molecular complexity index is 792. The molecule has 0 radical (unpaired) electrons. The van der Waals surface area contributed by atoms with Gasteiger partial charge in [0.05, 0.1) is 13.7 Å². The molecular weight excluding hydrogens is 352 g/mol. The van der Waals surface area contributed by atoms with Crippen molar-refractivity contribution >= 4 is 5.91 Å². The van der Waals surface area contributed by atoms with Crippen LogP contribution in [0, 0.1) is 11.8 Å². The number of nitrogens with zero attached hydrogens (tertiary/aromatic N) is 1. The molecule has 2 N–H and O–H groups in total. The number of ether oxygens (including phenoxy) is 2. The van der Waals surface area contributed by atoms with Crippen molar-refractivity contribution in [2.45, 2.75) is 19.8 Å². The molecule has 0 unspecified atom stereocenters. The fourth-order valence-corrected chi connectivity index (χ4v) is 3.71. The lowest BCUT2D eigenvalue weighted by molar-refractivity contribution is 0.0786. The third-order valence-electron chi connectivity index (χ3n) is 5.24. The van der Waals surface area contributed by atoms with Crippen LogP contribution in [-0.2, 0) is 0 Å². The molecule has 0 aliphatic carbocycles. The molecular formula is C23H30N2O3. The lowest BCUT2D eigenvalue weighted by Gasteiger charge is -2.18. The molecule has 1 aliphatic heterocycles. The summed E-state index contributed by atoms with van der Waals surface area (Å²) < 4.78 is 11.2. The average molecular weight is 383 g/mol. The molecule has 0 aromatic heterocycles. The van der Waals surface area contributed by atoms with Crippen LogP contribution in [0.25, 0.3) is 0 Å². The van der Waals surface area contributed by atoms with Gasteiger partial charge in [-0.1, -0.05) is 44.2 Å². The van der Waals surface area contributed by atoms with Gasteiger partial charge in [-0.05, 0) is 42.1 Å². The number of likely N-dealkylation sites (tertiary alicyclic amines) is 1. The maximum Gasteiger partial charge on any atom is 0.254 e. The van der Waals surface area contributed by atoms with Crippen molar-refractivity contribution in [2.24, 2.45) is 17.6 Å². The third kappa shape index (κ3) is 4.47. The first-order valence-corrected chi connectivity index (χ1v) is 9.88. The van der Waals surface area contributed by atoms with E-state index >= 15 is 0 Å². The van der Waals surface area contributed by atoms with Crippen molar-refractivity contribution in [1.82, 2.24) is 4.90 Å². The number of benzene rings is 2. The van der Waals surface area contributed by atoms with Gasteiger partial charge in [0.15, 0.2) is 11.5 Å². The van der Waals surface area contributed by atoms with E-state index in [1.807, 2.05) is 35.2 Å². The van der Waals surface area contributed by atoms with Crippen molar-refractivity contribution in [3.63, 3.8) is 0 Å². The maximum atomic E-state index is 13.1. The van der Waals surface area contributed by atoms with Gasteiger partial charge in [-0.25, -0.2) is 0 Å². The normalized spacial score (nSPS) is 19.1. The van der Waals surface area contributed by atoms with E-state index in [0.717, 1.165) is 0 Å². The highest BCUT2D eigenvalue weighted by molar-refractivity contribution is 5.95. The van der Waals surface area contributed by atoms with Crippen LogP contribution in [0.1, 0.15) is 35.7 Å². The zero-order valence-electron chi connectivity index (χ0n) is 16.9. The number of methoxy groups -OCH3 is 1. The van der Waals surface area contributed by atoms with Gasteiger partial charge >= 0.3 is 0 Å². The summed E-state index contributed by atoms with van der Waals surface area (Å²) >= 11 is 0. The fraction of sp³-hybridized carbons (Fsp3) is 0.435. The zero-order chi connectivity index (χ0) is 20.1. The molecule has 1 heterocycles. The van der Waals surface area contributed by atoms with Gasteiger partial charge in [-0.15, -0.1) is 0 Å². The minimum atomic E-state index is 0.00518. The highest BCUT2D eigenvalue weighted by Gasteiger charge is 2.35. The van der Waals surface area contributed by atoms with Crippen molar-refractivity contribution in [3.8, 4) is 11.5 Å². The van der Waals surface area contributed by atoms with Gasteiger partial charge in [0.25, 0.3) is 5.91 Å². The number of rotatable bonds is 7. The summed E-state index contributed by atoms with van der Waals surface area (Å²) in [6.07, 6.45) is 0. The highest BCUT2D eigenvalue weighted by Crippen LogP contribution is 2.34. The predicted molar refractivity (Wildman–Crippen MR) is 111 cm³/mol. The van der Waals surface area contributed by atoms with Crippen LogP contribution < -0.4 is 15.2 Å². The van der Waals surface area contributed by atoms with Crippen molar-refractivity contribution in [1.29, 1.82) is 0 Å². The summed E-state index contributed by atoms with van der Waals surface area (Å²) in [7, 11) is 1.59. The fourth-order valence-electron chi connectivity index (χ4n) is 3.71. The van der Waals surface area contributed by atoms with E-state index < -0.39 is 0 Å². The second-order valence-corrected chi connectivity index (χ2v) is 7.79. The maximum absolute atomic E-state index is 13.1. The van der Waals surface area contributed by atoms with Crippen molar-refractivity contribution in [3.05, 3.63) is 59.7 Å². The Labute approximate surface area is 167 Å². The quantitative estimate of drug-likeness (QED) is 0.795. The number of nitrogens with two attached hydrogens (primary N) is 1. The zero-order valence-corrected chi connectivity index (χ0v) is 16.9. The highest BCUT2D eigenvalue weighted by atomic mass is 16.5. The third-order valence-corrected chi connectivity index (χ3v) is 5.24. The van der Waals surface area contributed by atoms with Gasteiger partial charge < -0.3 is 20.1 Å². The Morgan fingerprint density at radius 1 is 1.14 bits per heavy atom. The van der Waals surface area contributed by atoms with Crippen molar-refractivity contribution < 1.29 is 14.3 Å². The van der Waals surface area contributed by atoms with Crippen LogP contribution >= 0.6 is 0 Å². The van der Waals surface area contributed by atoms with Crippen LogP contribution in [0.4, 0.5) is 0 Å². The van der Waals surface area contributed by atoms with E-state index in [9.17, 15) is 4.79 Å². The first kappa shape index (κ1) is 20.2. The van der Waals surface area contributed by atoms with E-state index in [2.05, 4.69) is 26.0 Å². The minimum absolute atomic E-state index is 0.00518. The Morgan fingerprint density at radius 3 is 2.54 bits per heavy atom. The molecule has 28 heavy (non-hydrogen) atoms. The number of hydrogen-bond acceptors (Lipinski definition) is 4. The van der Waals surface area contributed by atoms with Crippen LogP contribution in [-0.4, -0.2) is 44.2 Å². The molecule has 0 spiro atoms. The van der Waals surface area contributed by atoms with Crippen LogP contribution in [0.15, 0.2) is 48.5 Å². The summed E-state index contributed by atoms with van der Waals surface area (Å²) in [5, 5.41) is 0. The number of hydrogen-bond donors (Lipinski definition) is 1. The van der Waals surface area contributed by atoms with Gasteiger partial charge in [-0.3, -0.25) is 4.79 Å². The number of carbonyl (C=O) groups is 1. The van der Waals surface area contributed by atoms with Gasteiger partial charge in [-0.2, -0.15) is 0 Å². The van der Waals surface area contributed by atoms with Crippen LogP contribution in [0.2, 0.25) is 0 Å². The van der Waals surface area contributed by atoms with Gasteiger partial charge in [0.2, 0.25) is 0 Å². The van der Waals surface area contributed by atoms with E-state index in [-0.39, 0.29) is 17.7 Å². The molecule has 0 bridgehead atoms. The number of carbonyl (C=O) groups excluding carboxylic acids is 1. The summed E-state index contributed by atoms with van der Waals surface area (Å²) in [5.74, 6) is 2.20. The number of amides is 1. The SMILES string of the molecule is COc1cc(C(=O)N2C[C@@H](CN)[C@H](c3ccccc3)C2)ccc1OCC(C)C. The summed E-state index contributed by atoms with van der Waals surface area (Å²) in [6, 6.07) is 15.7. The first-order valence-electron chi connectivity index (χ1n) is 9.88. The molecule has 2 aromatic carbocycles. The van der Waals surface area contributed by atoms with E-state index in [1.165, 1.54) is 5.56 Å². The molecule has 2 aromatic rings. The lowest BCUT2D eigenvalue weighted by Crippen LogP contribution is -2.29. The van der Waals surface area contributed by atoms with Gasteiger partial charge in [0, 0.05) is 24.6 Å². The topological polar surface area (TPSA) is 64.8 Å². The lowest BCUT2D eigenvalue weighted by atomic mass is 9.89. The van der Waals surface area contributed by atoms with Crippen molar-refractivity contribution in [2.75, 3.05) is 33.4 Å². The summed E-state index contributed by atoms with van der Waals surface area (Å²) in [6.45, 7) is 6.70. The van der Waals surface area contributed by atoms with E-state index in [1.54, 1.807) is 13.2 Å². The summed E-state index contributed by atoms with van der Waals surface area (Å²) in [5.41, 5.74) is 7.86. The molecule has 3 rings (SSSR count). The first-order chi connectivity index (χ1) is 13.5. The average Bonchev–Trinajstić information content (AvgIpc) is 3.16. The second-order valence-electron chi connectivity index (χ2n) is 7.79. The van der Waals surface area contributed by atoms with E-state index in [0.29, 0.717) is 49.2 Å². The molecule has 1 aliphatic rings. The second kappa shape index (κ2) is 9.11. The van der Waals surface area contributed by atoms with Crippen LogP contribution in [0.3, 0.4) is 0 Å². The van der Waals surface area contributed by atoms with E-state index in [4.69, 9.17) is 15.2 Å². The molecule has 1 saturated heterocycles. The molecule has 0 saturated carbocycles. The van der Waals surface area contributed by atoms with Gasteiger partial charge in [0.1, 0.15) is 0 Å². The molecule has 1 fully saturated rings. The van der Waals surface area contributed by atoms with Crippen LogP contribution in [0.5, 0.6) is 11.5 Å². The largest absolute Gasteiger partial charge is 0.493 e. The Kier molecular flexibility index (Phi) is 6.57. The standard InChI is InChI=1S/C23H30N2O3/c1-16(2)15-28-21-10-9-18(11-22(21)27-3)23(26)25-13-19(12-24)20(14-25)17-7-5-4-6-8-17/h4-11,16,19-20H,12-15,24H2,1-3H3/t19-,20+/m1/s1. The smallest absolute Gasteiger partial charge is 0.254 e. The molecule has 1 amide bonds. The molecule has 2 atom stereocenters. The minimum Gasteiger partial charge on any atom is -0.493 e. The molecule has 5 heteroatoms. The monoisotopic (exact) mass is 382 g/mol. The molecule has 150 valence electrons. The molecule has 5 nitrogen and oxygen atoms in total. The Morgan fingerprint density at radius 2 is 1.89 bits per heavy atom. The summed E-state index contributed by atoms with van der Waals surface area (Å²) in [4.78, 5) is 15.0. The predicted octanol–water partition coefficient (Wildman–Crippen LogP) is 3.54. The Balaban J connectivity index is 1.76.